The minimum absolute atomic E-state index is 0.0111. The Balaban J connectivity index is 2.24. The van der Waals surface area contributed by atoms with E-state index in [1.165, 1.54) is 5.56 Å². The molecule has 0 aliphatic heterocycles. The summed E-state index contributed by atoms with van der Waals surface area (Å²) in [5, 5.41) is 2.92. The van der Waals surface area contributed by atoms with Crippen LogP contribution in [0, 0.1) is 12.8 Å². The maximum absolute atomic E-state index is 11.7. The van der Waals surface area contributed by atoms with Gasteiger partial charge in [0.15, 0.2) is 0 Å². The number of carbonyl (C=O) groups excluding carboxylic acids is 1. The molecule has 0 atom stereocenters. The molecule has 1 N–H and O–H groups in total. The van der Waals surface area contributed by atoms with Crippen molar-refractivity contribution in [1.82, 2.24) is 0 Å². The fraction of sp³-hybridized carbons (Fsp3) is 0.235. The summed E-state index contributed by atoms with van der Waals surface area (Å²) in [4.78, 5) is 11.7. The van der Waals surface area contributed by atoms with E-state index in [9.17, 15) is 4.79 Å². The zero-order valence-corrected chi connectivity index (χ0v) is 11.6. The minimum atomic E-state index is -0.0111. The molecule has 0 aliphatic carbocycles. The van der Waals surface area contributed by atoms with Gasteiger partial charge in [0.2, 0.25) is 5.91 Å². The van der Waals surface area contributed by atoms with Gasteiger partial charge >= 0.3 is 0 Å². The lowest BCUT2D eigenvalue weighted by molar-refractivity contribution is -0.118. The standard InChI is InChI=1S/C17H19NO/c1-12(2)17(19)18-16-6-4-5-15(11-16)14-9-7-13(3)8-10-14/h4-12H,1-3H3,(H,18,19). The van der Waals surface area contributed by atoms with E-state index in [1.54, 1.807) is 0 Å². The second-order valence-electron chi connectivity index (χ2n) is 5.09. The van der Waals surface area contributed by atoms with Gasteiger partial charge in [-0.25, -0.2) is 0 Å². The van der Waals surface area contributed by atoms with Gasteiger partial charge in [-0.1, -0.05) is 55.8 Å². The lowest BCUT2D eigenvalue weighted by Gasteiger charge is -2.09. The molecule has 2 nitrogen and oxygen atoms in total. The molecule has 0 saturated heterocycles. The van der Waals surface area contributed by atoms with Crippen LogP contribution in [-0.4, -0.2) is 5.91 Å². The Morgan fingerprint density at radius 1 is 1.00 bits per heavy atom. The quantitative estimate of drug-likeness (QED) is 0.870. The molecule has 0 aliphatic rings. The topological polar surface area (TPSA) is 29.1 Å². The van der Waals surface area contributed by atoms with E-state index in [2.05, 4.69) is 42.6 Å². The number of hydrogen-bond donors (Lipinski definition) is 1. The van der Waals surface area contributed by atoms with Crippen molar-refractivity contribution >= 4 is 11.6 Å². The number of aryl methyl sites for hydroxylation is 1. The summed E-state index contributed by atoms with van der Waals surface area (Å²) in [6.07, 6.45) is 0. The summed E-state index contributed by atoms with van der Waals surface area (Å²) in [6.45, 7) is 5.85. The van der Waals surface area contributed by atoms with Gasteiger partial charge in [-0.05, 0) is 30.2 Å². The van der Waals surface area contributed by atoms with Crippen molar-refractivity contribution < 1.29 is 4.79 Å². The molecule has 2 aromatic carbocycles. The number of nitrogens with one attached hydrogen (secondary N) is 1. The van der Waals surface area contributed by atoms with E-state index in [0.29, 0.717) is 0 Å². The molecule has 0 saturated carbocycles. The lowest BCUT2D eigenvalue weighted by Crippen LogP contribution is -2.17. The van der Waals surface area contributed by atoms with Crippen molar-refractivity contribution in [2.24, 2.45) is 5.92 Å². The molecular formula is C17H19NO. The highest BCUT2D eigenvalue weighted by Gasteiger charge is 2.07. The molecule has 0 heterocycles. The van der Waals surface area contributed by atoms with Crippen LogP contribution >= 0.6 is 0 Å². The summed E-state index contributed by atoms with van der Waals surface area (Å²) in [5.74, 6) is 0.0316. The van der Waals surface area contributed by atoms with Crippen LogP contribution < -0.4 is 5.32 Å². The third-order valence-corrected chi connectivity index (χ3v) is 3.04. The first-order chi connectivity index (χ1) is 9.06. The predicted octanol–water partition coefficient (Wildman–Crippen LogP) is 4.26. The van der Waals surface area contributed by atoms with Gasteiger partial charge in [-0.3, -0.25) is 4.79 Å². The van der Waals surface area contributed by atoms with Crippen LogP contribution in [0.3, 0.4) is 0 Å². The zero-order valence-electron chi connectivity index (χ0n) is 11.6. The van der Waals surface area contributed by atoms with Gasteiger partial charge in [0.1, 0.15) is 0 Å². The summed E-state index contributed by atoms with van der Waals surface area (Å²) in [6, 6.07) is 16.3. The second-order valence-corrected chi connectivity index (χ2v) is 5.09. The Labute approximate surface area is 114 Å². The van der Waals surface area contributed by atoms with E-state index in [0.717, 1.165) is 16.8 Å². The Morgan fingerprint density at radius 2 is 1.68 bits per heavy atom. The number of rotatable bonds is 3. The van der Waals surface area contributed by atoms with E-state index in [1.807, 2.05) is 32.0 Å². The number of benzene rings is 2. The highest BCUT2D eigenvalue weighted by molar-refractivity contribution is 5.92. The van der Waals surface area contributed by atoms with Crippen LogP contribution in [-0.2, 0) is 4.79 Å². The van der Waals surface area contributed by atoms with Gasteiger partial charge < -0.3 is 5.32 Å². The molecule has 0 spiro atoms. The highest BCUT2D eigenvalue weighted by Crippen LogP contribution is 2.23. The molecule has 0 fully saturated rings. The van der Waals surface area contributed by atoms with E-state index >= 15 is 0 Å². The molecule has 2 heteroatoms. The summed E-state index contributed by atoms with van der Waals surface area (Å²) < 4.78 is 0. The summed E-state index contributed by atoms with van der Waals surface area (Å²) >= 11 is 0. The SMILES string of the molecule is Cc1ccc(-c2cccc(NC(=O)C(C)C)c2)cc1. The molecule has 2 rings (SSSR count). The van der Waals surface area contributed by atoms with E-state index in [4.69, 9.17) is 0 Å². The molecule has 98 valence electrons. The first-order valence-electron chi connectivity index (χ1n) is 6.54. The van der Waals surface area contributed by atoms with Crippen molar-refractivity contribution in [2.45, 2.75) is 20.8 Å². The smallest absolute Gasteiger partial charge is 0.226 e. The van der Waals surface area contributed by atoms with Gasteiger partial charge in [-0.2, -0.15) is 0 Å². The van der Waals surface area contributed by atoms with Crippen molar-refractivity contribution in [3.63, 3.8) is 0 Å². The van der Waals surface area contributed by atoms with Crippen molar-refractivity contribution in [2.75, 3.05) is 5.32 Å². The summed E-state index contributed by atoms with van der Waals surface area (Å²) in [5.41, 5.74) is 4.36. The summed E-state index contributed by atoms with van der Waals surface area (Å²) in [7, 11) is 0. The molecule has 0 aromatic heterocycles. The van der Waals surface area contributed by atoms with Crippen LogP contribution in [0.1, 0.15) is 19.4 Å². The van der Waals surface area contributed by atoms with Crippen LogP contribution in [0.15, 0.2) is 48.5 Å². The van der Waals surface area contributed by atoms with Crippen LogP contribution in [0.5, 0.6) is 0 Å². The first kappa shape index (κ1) is 13.3. The van der Waals surface area contributed by atoms with Gasteiger partial charge in [0, 0.05) is 11.6 Å². The van der Waals surface area contributed by atoms with Crippen molar-refractivity contribution in [1.29, 1.82) is 0 Å². The lowest BCUT2D eigenvalue weighted by atomic mass is 10.0. The fourth-order valence-corrected chi connectivity index (χ4v) is 1.81. The number of carbonyl (C=O) groups is 1. The van der Waals surface area contributed by atoms with Gasteiger partial charge in [0.05, 0.1) is 0 Å². The Bertz CT molecular complexity index is 570. The van der Waals surface area contributed by atoms with Crippen LogP contribution in [0.4, 0.5) is 5.69 Å². The van der Waals surface area contributed by atoms with E-state index < -0.39 is 0 Å². The maximum atomic E-state index is 11.7. The molecule has 2 aromatic rings. The minimum Gasteiger partial charge on any atom is -0.326 e. The average molecular weight is 253 g/mol. The monoisotopic (exact) mass is 253 g/mol. The first-order valence-corrected chi connectivity index (χ1v) is 6.54. The third-order valence-electron chi connectivity index (χ3n) is 3.04. The molecular weight excluding hydrogens is 234 g/mol. The van der Waals surface area contributed by atoms with Crippen LogP contribution in [0.2, 0.25) is 0 Å². The predicted molar refractivity (Wildman–Crippen MR) is 80.1 cm³/mol. The Morgan fingerprint density at radius 3 is 2.32 bits per heavy atom. The van der Waals surface area contributed by atoms with Crippen molar-refractivity contribution in [3.05, 3.63) is 54.1 Å². The van der Waals surface area contributed by atoms with E-state index in [-0.39, 0.29) is 11.8 Å². The highest BCUT2D eigenvalue weighted by atomic mass is 16.1. The second kappa shape index (κ2) is 5.70. The average Bonchev–Trinajstić information content (AvgIpc) is 2.39. The van der Waals surface area contributed by atoms with Gasteiger partial charge in [-0.15, -0.1) is 0 Å². The number of hydrogen-bond acceptors (Lipinski definition) is 1. The molecule has 1 amide bonds. The number of anilines is 1. The Hall–Kier alpha value is -2.09. The Kier molecular flexibility index (Phi) is 4.00. The molecule has 0 radical (unpaired) electrons. The van der Waals surface area contributed by atoms with Crippen LogP contribution in [0.25, 0.3) is 11.1 Å². The van der Waals surface area contributed by atoms with Crippen molar-refractivity contribution in [3.8, 4) is 11.1 Å². The molecule has 19 heavy (non-hydrogen) atoms. The maximum Gasteiger partial charge on any atom is 0.226 e. The zero-order chi connectivity index (χ0) is 13.8. The van der Waals surface area contributed by atoms with Gasteiger partial charge in [0.25, 0.3) is 0 Å². The molecule has 0 unspecified atom stereocenters. The number of amides is 1. The third kappa shape index (κ3) is 3.44. The fourth-order valence-electron chi connectivity index (χ4n) is 1.81. The largest absolute Gasteiger partial charge is 0.326 e. The molecule has 0 bridgehead atoms. The normalized spacial score (nSPS) is 10.5.